The molecule has 0 aromatic rings. The van der Waals surface area contributed by atoms with Crippen molar-refractivity contribution in [3.8, 4) is 0 Å². The maximum absolute atomic E-state index is 11.9. The maximum Gasteiger partial charge on any atom is 0.225 e. The fraction of sp³-hybridized carbons (Fsp3) is 0.857. The topological polar surface area (TPSA) is 49.4 Å². The van der Waals surface area contributed by atoms with E-state index in [0.29, 0.717) is 0 Å². The van der Waals surface area contributed by atoms with Crippen molar-refractivity contribution in [2.75, 3.05) is 19.6 Å². The zero-order chi connectivity index (χ0) is 13.5. The number of nitrogens with one attached hydrogen (secondary N) is 1. The maximum atomic E-state index is 11.9. The zero-order valence-electron chi connectivity index (χ0n) is 11.9. The molecular formula is C14H26N2O2. The first kappa shape index (κ1) is 15.0. The van der Waals surface area contributed by atoms with Crippen LogP contribution in [0.15, 0.2) is 0 Å². The summed E-state index contributed by atoms with van der Waals surface area (Å²) in [6.45, 7) is 8.19. The molecule has 0 spiro atoms. The minimum Gasteiger partial charge on any atom is -0.356 e. The molecule has 0 aromatic heterocycles. The number of carbonyl (C=O) groups is 2. The van der Waals surface area contributed by atoms with E-state index in [-0.39, 0.29) is 23.7 Å². The number of likely N-dealkylation sites (tertiary alicyclic amines) is 1. The average Bonchev–Trinajstić information content (AvgIpc) is 2.38. The lowest BCUT2D eigenvalue weighted by molar-refractivity contribution is -0.138. The van der Waals surface area contributed by atoms with Crippen LogP contribution in [0.5, 0.6) is 0 Å². The standard InChI is InChI=1S/C14H26N2O2/c1-4-5-8-15-13(17)12-6-9-16(10-7-12)14(18)11(2)3/h11-12H,4-10H2,1-3H3,(H,15,17). The summed E-state index contributed by atoms with van der Waals surface area (Å²) in [6.07, 6.45) is 3.74. The molecule has 1 saturated heterocycles. The number of rotatable bonds is 5. The Kier molecular flexibility index (Phi) is 6.16. The quantitative estimate of drug-likeness (QED) is 0.761. The van der Waals surface area contributed by atoms with E-state index in [1.807, 2.05) is 18.7 Å². The second kappa shape index (κ2) is 7.39. The van der Waals surface area contributed by atoms with Crippen molar-refractivity contribution in [3.63, 3.8) is 0 Å². The van der Waals surface area contributed by atoms with Crippen LogP contribution >= 0.6 is 0 Å². The third kappa shape index (κ3) is 4.31. The normalized spacial score (nSPS) is 17.0. The van der Waals surface area contributed by atoms with Crippen LogP contribution in [0, 0.1) is 11.8 Å². The highest BCUT2D eigenvalue weighted by Crippen LogP contribution is 2.18. The molecule has 1 N–H and O–H groups in total. The Hall–Kier alpha value is -1.06. The van der Waals surface area contributed by atoms with E-state index in [0.717, 1.165) is 45.3 Å². The van der Waals surface area contributed by atoms with E-state index in [9.17, 15) is 9.59 Å². The second-order valence-corrected chi connectivity index (χ2v) is 5.40. The highest BCUT2D eigenvalue weighted by atomic mass is 16.2. The molecule has 1 aliphatic heterocycles. The second-order valence-electron chi connectivity index (χ2n) is 5.40. The van der Waals surface area contributed by atoms with Gasteiger partial charge in [-0.05, 0) is 19.3 Å². The van der Waals surface area contributed by atoms with Gasteiger partial charge in [0.1, 0.15) is 0 Å². The van der Waals surface area contributed by atoms with Crippen molar-refractivity contribution in [1.29, 1.82) is 0 Å². The highest BCUT2D eigenvalue weighted by Gasteiger charge is 2.27. The fourth-order valence-corrected chi connectivity index (χ4v) is 2.26. The molecule has 2 amide bonds. The number of unbranched alkanes of at least 4 members (excludes halogenated alkanes) is 1. The Morgan fingerprint density at radius 3 is 2.39 bits per heavy atom. The third-order valence-electron chi connectivity index (χ3n) is 3.50. The molecule has 1 heterocycles. The van der Waals surface area contributed by atoms with Gasteiger partial charge in [-0.25, -0.2) is 0 Å². The zero-order valence-corrected chi connectivity index (χ0v) is 11.9. The van der Waals surface area contributed by atoms with Gasteiger partial charge in [-0.1, -0.05) is 27.2 Å². The Balaban J connectivity index is 2.30. The molecule has 4 nitrogen and oxygen atoms in total. The van der Waals surface area contributed by atoms with E-state index in [4.69, 9.17) is 0 Å². The van der Waals surface area contributed by atoms with Gasteiger partial charge in [-0.3, -0.25) is 9.59 Å². The summed E-state index contributed by atoms with van der Waals surface area (Å²) in [5, 5.41) is 2.98. The molecule has 0 aromatic carbocycles. The smallest absolute Gasteiger partial charge is 0.225 e. The first-order chi connectivity index (χ1) is 8.56. The van der Waals surface area contributed by atoms with Crippen LogP contribution < -0.4 is 5.32 Å². The highest BCUT2D eigenvalue weighted by molar-refractivity contribution is 5.80. The molecule has 0 aliphatic carbocycles. The fourth-order valence-electron chi connectivity index (χ4n) is 2.26. The van der Waals surface area contributed by atoms with E-state index < -0.39 is 0 Å². The van der Waals surface area contributed by atoms with Gasteiger partial charge in [0.15, 0.2) is 0 Å². The Morgan fingerprint density at radius 2 is 1.89 bits per heavy atom. The first-order valence-corrected chi connectivity index (χ1v) is 7.12. The van der Waals surface area contributed by atoms with Crippen LogP contribution in [0.4, 0.5) is 0 Å². The van der Waals surface area contributed by atoms with Crippen molar-refractivity contribution >= 4 is 11.8 Å². The van der Waals surface area contributed by atoms with Gasteiger partial charge >= 0.3 is 0 Å². The van der Waals surface area contributed by atoms with Crippen molar-refractivity contribution < 1.29 is 9.59 Å². The van der Waals surface area contributed by atoms with Crippen molar-refractivity contribution in [1.82, 2.24) is 10.2 Å². The van der Waals surface area contributed by atoms with Gasteiger partial charge in [-0.15, -0.1) is 0 Å². The lowest BCUT2D eigenvalue weighted by Crippen LogP contribution is -2.44. The van der Waals surface area contributed by atoms with Crippen LogP contribution in [-0.2, 0) is 9.59 Å². The van der Waals surface area contributed by atoms with E-state index in [2.05, 4.69) is 12.2 Å². The van der Waals surface area contributed by atoms with E-state index in [1.165, 1.54) is 0 Å². The summed E-state index contributed by atoms with van der Waals surface area (Å²) < 4.78 is 0. The Labute approximate surface area is 110 Å². The van der Waals surface area contributed by atoms with Crippen LogP contribution in [-0.4, -0.2) is 36.3 Å². The summed E-state index contributed by atoms with van der Waals surface area (Å²) >= 11 is 0. The minimum absolute atomic E-state index is 0.0555. The number of amides is 2. The van der Waals surface area contributed by atoms with Gasteiger partial charge < -0.3 is 10.2 Å². The number of piperidine rings is 1. The number of nitrogens with zero attached hydrogens (tertiary/aromatic N) is 1. The predicted octanol–water partition coefficient (Wildman–Crippen LogP) is 1.80. The van der Waals surface area contributed by atoms with Crippen molar-refractivity contribution in [3.05, 3.63) is 0 Å². The minimum atomic E-state index is 0.0555. The van der Waals surface area contributed by atoms with Gasteiger partial charge in [0.05, 0.1) is 0 Å². The van der Waals surface area contributed by atoms with Gasteiger partial charge in [0, 0.05) is 31.5 Å². The SMILES string of the molecule is CCCCNC(=O)C1CCN(C(=O)C(C)C)CC1. The van der Waals surface area contributed by atoms with Gasteiger partial charge in [-0.2, -0.15) is 0 Å². The third-order valence-corrected chi connectivity index (χ3v) is 3.50. The largest absolute Gasteiger partial charge is 0.356 e. The molecule has 0 atom stereocenters. The predicted molar refractivity (Wildman–Crippen MR) is 72.1 cm³/mol. The van der Waals surface area contributed by atoms with Crippen LogP contribution in [0.2, 0.25) is 0 Å². The molecule has 1 aliphatic rings. The summed E-state index contributed by atoms with van der Waals surface area (Å²) in [5.41, 5.74) is 0. The number of hydrogen-bond donors (Lipinski definition) is 1. The molecule has 0 unspecified atom stereocenters. The molecule has 1 fully saturated rings. The summed E-state index contributed by atoms with van der Waals surface area (Å²) in [5.74, 6) is 0.526. The molecule has 0 bridgehead atoms. The van der Waals surface area contributed by atoms with Crippen LogP contribution in [0.25, 0.3) is 0 Å². The van der Waals surface area contributed by atoms with E-state index >= 15 is 0 Å². The lowest BCUT2D eigenvalue weighted by atomic mass is 9.95. The van der Waals surface area contributed by atoms with Gasteiger partial charge in [0.2, 0.25) is 11.8 Å². The van der Waals surface area contributed by atoms with Crippen molar-refractivity contribution in [2.45, 2.75) is 46.5 Å². The van der Waals surface area contributed by atoms with Crippen LogP contribution in [0.1, 0.15) is 46.5 Å². The summed E-state index contributed by atoms with van der Waals surface area (Å²) in [7, 11) is 0. The monoisotopic (exact) mass is 254 g/mol. The summed E-state index contributed by atoms with van der Waals surface area (Å²) in [4.78, 5) is 25.6. The molecule has 1 rings (SSSR count). The Bertz CT molecular complexity index is 282. The molecule has 18 heavy (non-hydrogen) atoms. The first-order valence-electron chi connectivity index (χ1n) is 7.12. The number of hydrogen-bond acceptors (Lipinski definition) is 2. The molecule has 0 radical (unpaired) electrons. The molecule has 0 saturated carbocycles. The van der Waals surface area contributed by atoms with Crippen LogP contribution in [0.3, 0.4) is 0 Å². The molecule has 104 valence electrons. The molecular weight excluding hydrogens is 228 g/mol. The van der Waals surface area contributed by atoms with Crippen molar-refractivity contribution in [2.24, 2.45) is 11.8 Å². The Morgan fingerprint density at radius 1 is 1.28 bits per heavy atom. The van der Waals surface area contributed by atoms with E-state index in [1.54, 1.807) is 0 Å². The number of carbonyl (C=O) groups excluding carboxylic acids is 2. The van der Waals surface area contributed by atoms with Gasteiger partial charge in [0.25, 0.3) is 0 Å². The molecule has 4 heteroatoms. The lowest BCUT2D eigenvalue weighted by Gasteiger charge is -2.32. The summed E-state index contributed by atoms with van der Waals surface area (Å²) in [6, 6.07) is 0. The average molecular weight is 254 g/mol.